The largest absolute Gasteiger partial charge is 0.472 e. The normalized spacial score (nSPS) is 25.2. The van der Waals surface area contributed by atoms with Crippen LogP contribution in [-0.2, 0) is 46.5 Å². The molecule has 0 radical (unpaired) electrons. The van der Waals surface area contributed by atoms with Crippen molar-refractivity contribution in [1.29, 1.82) is 0 Å². The van der Waals surface area contributed by atoms with Gasteiger partial charge in [-0.1, -0.05) is 112 Å². The summed E-state index contributed by atoms with van der Waals surface area (Å²) in [6.45, 7) is 2.95. The summed E-state index contributed by atoms with van der Waals surface area (Å²) in [6.07, 6.45) is 27.5. The molecule has 19 heteroatoms. The molecule has 0 amide bonds. The average molecular weight is 977 g/mol. The maximum atomic E-state index is 13.0. The number of unbranched alkanes of at least 4 members (excludes halogenated alkanes) is 9. The van der Waals surface area contributed by atoms with E-state index >= 15 is 0 Å². The van der Waals surface area contributed by atoms with Crippen LogP contribution in [0.2, 0.25) is 0 Å². The molecule has 1 saturated heterocycles. The highest BCUT2D eigenvalue weighted by molar-refractivity contribution is 7.47. The van der Waals surface area contributed by atoms with Gasteiger partial charge in [-0.05, 0) is 89.9 Å². The Morgan fingerprint density at radius 3 is 1.55 bits per heavy atom. The molecule has 2 aliphatic rings. The first-order valence-corrected chi connectivity index (χ1v) is 26.6. The van der Waals surface area contributed by atoms with Crippen LogP contribution in [0.5, 0.6) is 0 Å². The monoisotopic (exact) mass is 976 g/mol. The van der Waals surface area contributed by atoms with Gasteiger partial charge in [0, 0.05) is 12.8 Å². The number of allylic oxidation sites excluding steroid dienone is 10. The van der Waals surface area contributed by atoms with E-state index in [1.54, 1.807) is 0 Å². The number of rotatable bonds is 37. The molecule has 66 heavy (non-hydrogen) atoms. The van der Waals surface area contributed by atoms with Gasteiger partial charge < -0.3 is 49.3 Å². The van der Waals surface area contributed by atoms with E-state index in [1.807, 2.05) is 18.2 Å². The Hall–Kier alpha value is -2.60. The molecular formula is C47H78O17P2. The van der Waals surface area contributed by atoms with Crippen LogP contribution in [0, 0.1) is 0 Å². The second-order valence-electron chi connectivity index (χ2n) is 16.5. The summed E-state index contributed by atoms with van der Waals surface area (Å²) in [4.78, 5) is 54.3. The second kappa shape index (κ2) is 34.6. The van der Waals surface area contributed by atoms with Crippen molar-refractivity contribution in [3.63, 3.8) is 0 Å². The van der Waals surface area contributed by atoms with Crippen molar-refractivity contribution >= 4 is 27.6 Å². The summed E-state index contributed by atoms with van der Waals surface area (Å²) >= 11 is 0. The van der Waals surface area contributed by atoms with Gasteiger partial charge in [-0.15, -0.1) is 0 Å². The molecule has 0 aromatic heterocycles. The molecule has 10 atom stereocenters. The van der Waals surface area contributed by atoms with Gasteiger partial charge in [-0.3, -0.25) is 23.2 Å². The predicted molar refractivity (Wildman–Crippen MR) is 250 cm³/mol. The highest BCUT2D eigenvalue weighted by Crippen LogP contribution is 2.49. The van der Waals surface area contributed by atoms with Gasteiger partial charge in [-0.25, -0.2) is 9.13 Å². The van der Waals surface area contributed by atoms with Crippen LogP contribution < -0.4 is 0 Å². The lowest BCUT2D eigenvalue weighted by molar-refractivity contribution is -0.216. The molecule has 378 valence electrons. The van der Waals surface area contributed by atoms with Gasteiger partial charge in [0.2, 0.25) is 0 Å². The zero-order valence-corrected chi connectivity index (χ0v) is 40.6. The molecule has 0 bridgehead atoms. The van der Waals surface area contributed by atoms with Crippen LogP contribution in [0.3, 0.4) is 0 Å². The number of ether oxygens (including phenoxy) is 3. The Kier molecular flexibility index (Phi) is 31.2. The third kappa shape index (κ3) is 28.0. The van der Waals surface area contributed by atoms with Crippen molar-refractivity contribution in [2.24, 2.45) is 0 Å². The first kappa shape index (κ1) is 59.5. The van der Waals surface area contributed by atoms with E-state index in [4.69, 9.17) is 23.3 Å². The predicted octanol–water partition coefficient (Wildman–Crippen LogP) is 7.83. The Morgan fingerprint density at radius 2 is 1.00 bits per heavy atom. The smallest absolute Gasteiger partial charge is 0.462 e. The van der Waals surface area contributed by atoms with E-state index in [0.717, 1.165) is 44.9 Å². The zero-order chi connectivity index (χ0) is 48.6. The fourth-order valence-corrected chi connectivity index (χ4v) is 8.37. The maximum absolute atomic E-state index is 13.0. The Morgan fingerprint density at radius 1 is 0.545 bits per heavy atom. The standard InChI is InChI=1S/C47H78O17P2/c1-3-5-7-9-11-12-13-14-15-16-17-18-21-25-29-33-40(48)59-35-37(36-60-66(57,58)64-47-44(52)42(50)43(51)46(45(47)53)63-65(54,55)56)61-41(49)34-30-26-22-19-20-24-28-32-39-38(62-39)31-27-23-10-8-6-4-2/h11-12,14-15,17-19,22-24,27-28,37-39,42-47,50-53H,3-10,13,16,20-21,25-26,29-36H2,1-2H3,(H,57,58)(H2,54,55,56)/b12-11-,15-14-,18-17-,22-19-,27-23-,28-24-/t37-,38?,39?,42?,43?,44?,45?,46-,47+/m1/s1. The van der Waals surface area contributed by atoms with Crippen molar-refractivity contribution in [2.45, 2.75) is 197 Å². The van der Waals surface area contributed by atoms with E-state index in [0.29, 0.717) is 32.1 Å². The van der Waals surface area contributed by atoms with Crippen molar-refractivity contribution in [3.05, 3.63) is 72.9 Å². The lowest BCUT2D eigenvalue weighted by atomic mass is 9.85. The highest BCUT2D eigenvalue weighted by Gasteiger charge is 2.54. The first-order chi connectivity index (χ1) is 31.6. The summed E-state index contributed by atoms with van der Waals surface area (Å²) < 4.78 is 55.0. The Labute approximate surface area is 391 Å². The third-order valence-corrected chi connectivity index (χ3v) is 12.2. The van der Waals surface area contributed by atoms with Gasteiger partial charge in [-0.2, -0.15) is 0 Å². The van der Waals surface area contributed by atoms with Gasteiger partial charge >= 0.3 is 27.6 Å². The number of phosphoric acid groups is 2. The number of aliphatic hydroxyl groups excluding tert-OH is 4. The summed E-state index contributed by atoms with van der Waals surface area (Å²) in [5, 5.41) is 41.2. The number of hydrogen-bond acceptors (Lipinski definition) is 14. The van der Waals surface area contributed by atoms with Crippen LogP contribution in [-0.4, -0.2) is 115 Å². The van der Waals surface area contributed by atoms with Crippen molar-refractivity contribution in [2.75, 3.05) is 13.2 Å². The molecule has 1 aliphatic carbocycles. The Balaban J connectivity index is 1.85. The van der Waals surface area contributed by atoms with E-state index in [1.165, 1.54) is 38.5 Å². The summed E-state index contributed by atoms with van der Waals surface area (Å²) in [5.41, 5.74) is 0. The summed E-state index contributed by atoms with van der Waals surface area (Å²) in [7, 11) is -10.7. The van der Waals surface area contributed by atoms with Gasteiger partial charge in [0.1, 0.15) is 43.2 Å². The number of phosphoric ester groups is 2. The van der Waals surface area contributed by atoms with Gasteiger partial charge in [0.05, 0.1) is 18.8 Å². The number of carbonyl (C=O) groups is 2. The van der Waals surface area contributed by atoms with Gasteiger partial charge in [0.25, 0.3) is 0 Å². The van der Waals surface area contributed by atoms with E-state index in [2.05, 4.69) is 73.1 Å². The van der Waals surface area contributed by atoms with Crippen LogP contribution in [0.15, 0.2) is 72.9 Å². The number of hydrogen-bond donors (Lipinski definition) is 7. The molecule has 7 unspecified atom stereocenters. The molecule has 2 fully saturated rings. The maximum Gasteiger partial charge on any atom is 0.472 e. The minimum atomic E-state index is -5.38. The zero-order valence-electron chi connectivity index (χ0n) is 38.8. The summed E-state index contributed by atoms with van der Waals surface area (Å²) in [6, 6.07) is 0. The molecule has 1 aliphatic heterocycles. The number of epoxide rings is 1. The van der Waals surface area contributed by atoms with Crippen molar-refractivity contribution in [3.8, 4) is 0 Å². The molecule has 0 aromatic rings. The molecule has 0 aromatic carbocycles. The average Bonchev–Trinajstić information content (AvgIpc) is 4.03. The molecule has 2 rings (SSSR count). The molecule has 17 nitrogen and oxygen atoms in total. The first-order valence-electron chi connectivity index (χ1n) is 23.6. The Bertz CT molecular complexity index is 1620. The molecule has 0 spiro atoms. The van der Waals surface area contributed by atoms with Gasteiger partial charge in [0.15, 0.2) is 6.10 Å². The molecule has 7 N–H and O–H groups in total. The van der Waals surface area contributed by atoms with Crippen molar-refractivity contribution < 1.29 is 81.6 Å². The number of carbonyl (C=O) groups excluding carboxylic acids is 2. The number of aliphatic hydroxyl groups is 4. The highest BCUT2D eigenvalue weighted by atomic mass is 31.2. The minimum Gasteiger partial charge on any atom is -0.462 e. The SMILES string of the molecule is CCCCC/C=C\C/C=C\C/C=C\CCCCC(=O)OC[C@H](COP(=O)(O)O[C@H]1C(O)C(O)C(O)[C@@H](OP(=O)(O)O)C1O)OC(=O)CCC/C=C\C/C=C\CC1OC1C/C=C\CCCCC. The van der Waals surface area contributed by atoms with E-state index in [-0.39, 0.29) is 25.0 Å². The molecule has 1 saturated carbocycles. The topological polar surface area (TPSA) is 269 Å². The quantitative estimate of drug-likeness (QED) is 0.0103. The lowest BCUT2D eigenvalue weighted by Gasteiger charge is -2.43. The molecular weight excluding hydrogens is 898 g/mol. The second-order valence-corrected chi connectivity index (χ2v) is 19.1. The number of esters is 2. The third-order valence-electron chi connectivity index (χ3n) is 10.7. The fourth-order valence-electron chi connectivity index (χ4n) is 6.83. The van der Waals surface area contributed by atoms with Crippen LogP contribution in [0.4, 0.5) is 0 Å². The lowest BCUT2D eigenvalue weighted by Crippen LogP contribution is -2.64. The molecule has 1 heterocycles. The fraction of sp³-hybridized carbons (Fsp3) is 0.702. The van der Waals surface area contributed by atoms with E-state index < -0.39 is 83.5 Å². The van der Waals surface area contributed by atoms with Crippen LogP contribution >= 0.6 is 15.6 Å². The summed E-state index contributed by atoms with van der Waals surface area (Å²) in [5.74, 6) is -1.33. The minimum absolute atomic E-state index is 0.0491. The van der Waals surface area contributed by atoms with Crippen LogP contribution in [0.25, 0.3) is 0 Å². The van der Waals surface area contributed by atoms with Crippen molar-refractivity contribution in [1.82, 2.24) is 0 Å². The van der Waals surface area contributed by atoms with E-state index in [9.17, 15) is 53.8 Å². The van der Waals surface area contributed by atoms with Crippen LogP contribution in [0.1, 0.15) is 142 Å².